The first-order valence-electron chi connectivity index (χ1n) is 8.32. The van der Waals surface area contributed by atoms with Gasteiger partial charge in [0.25, 0.3) is 0 Å². The molecule has 0 unspecified atom stereocenters. The fourth-order valence-corrected chi connectivity index (χ4v) is 2.51. The summed E-state index contributed by atoms with van der Waals surface area (Å²) in [5, 5.41) is 0. The van der Waals surface area contributed by atoms with E-state index in [-0.39, 0.29) is 37.4 Å². The van der Waals surface area contributed by atoms with E-state index in [2.05, 4.69) is 0 Å². The second-order valence-corrected chi connectivity index (χ2v) is 6.64. The van der Waals surface area contributed by atoms with Gasteiger partial charge in [-0.25, -0.2) is 4.79 Å². The Bertz CT molecular complexity index is 369. The lowest BCUT2D eigenvalue weighted by Gasteiger charge is -2.27. The van der Waals surface area contributed by atoms with Crippen molar-refractivity contribution in [1.29, 1.82) is 0 Å². The molecule has 1 aliphatic carbocycles. The fraction of sp³-hybridized carbons (Fsp3) is 0.882. The van der Waals surface area contributed by atoms with Crippen LogP contribution in [-0.4, -0.2) is 37.4 Å². The molecular weight excluding hydrogens is 284 g/mol. The van der Waals surface area contributed by atoms with E-state index < -0.39 is 5.41 Å². The number of ether oxygens (including phenoxy) is 3. The highest BCUT2D eigenvalue weighted by Gasteiger charge is 2.35. The van der Waals surface area contributed by atoms with Gasteiger partial charge in [0.05, 0.1) is 12.0 Å². The van der Waals surface area contributed by atoms with Crippen LogP contribution in [0.2, 0.25) is 0 Å². The summed E-state index contributed by atoms with van der Waals surface area (Å²) in [6.45, 7) is 7.97. The van der Waals surface area contributed by atoms with Gasteiger partial charge in [-0.1, -0.05) is 13.8 Å². The summed E-state index contributed by atoms with van der Waals surface area (Å²) in [6.07, 6.45) is 5.69. The van der Waals surface area contributed by atoms with Gasteiger partial charge in [0, 0.05) is 0 Å². The van der Waals surface area contributed by atoms with Crippen molar-refractivity contribution in [3.05, 3.63) is 0 Å². The van der Waals surface area contributed by atoms with Crippen LogP contribution in [0.15, 0.2) is 0 Å². The van der Waals surface area contributed by atoms with Crippen LogP contribution in [0, 0.1) is 5.41 Å². The minimum atomic E-state index is -0.477. The van der Waals surface area contributed by atoms with Crippen molar-refractivity contribution in [2.75, 3.05) is 19.8 Å². The Morgan fingerprint density at radius 1 is 1.09 bits per heavy atom. The van der Waals surface area contributed by atoms with Gasteiger partial charge < -0.3 is 14.2 Å². The van der Waals surface area contributed by atoms with Crippen molar-refractivity contribution in [3.63, 3.8) is 0 Å². The topological polar surface area (TPSA) is 61.8 Å². The molecule has 0 N–H and O–H groups in total. The molecule has 1 aliphatic rings. The zero-order valence-corrected chi connectivity index (χ0v) is 14.4. The number of rotatable bonds is 9. The molecule has 0 aromatic heterocycles. The van der Waals surface area contributed by atoms with Crippen molar-refractivity contribution in [3.8, 4) is 0 Å². The summed E-state index contributed by atoms with van der Waals surface area (Å²) in [4.78, 5) is 23.5. The maximum atomic E-state index is 11.8. The van der Waals surface area contributed by atoms with Crippen molar-refractivity contribution in [2.45, 2.75) is 71.8 Å². The fourth-order valence-electron chi connectivity index (χ4n) is 2.51. The van der Waals surface area contributed by atoms with Gasteiger partial charge >= 0.3 is 11.9 Å². The Balaban J connectivity index is 2.17. The smallest absolute Gasteiger partial charge is 0.332 e. The molecule has 0 aliphatic heterocycles. The van der Waals surface area contributed by atoms with Crippen LogP contribution in [0.25, 0.3) is 0 Å². The van der Waals surface area contributed by atoms with Gasteiger partial charge in [-0.05, 0) is 52.4 Å². The van der Waals surface area contributed by atoms with Gasteiger partial charge in [-0.3, -0.25) is 4.79 Å². The van der Waals surface area contributed by atoms with E-state index in [1.54, 1.807) is 0 Å². The first kappa shape index (κ1) is 18.9. The summed E-state index contributed by atoms with van der Waals surface area (Å²) >= 11 is 0. The molecule has 0 spiro atoms. The third-order valence-electron chi connectivity index (χ3n) is 4.61. The van der Waals surface area contributed by atoms with Crippen LogP contribution in [-0.2, 0) is 23.8 Å². The third-order valence-corrected chi connectivity index (χ3v) is 4.61. The van der Waals surface area contributed by atoms with Gasteiger partial charge in [0.2, 0.25) is 0 Å². The Kier molecular flexibility index (Phi) is 7.33. The molecule has 0 atom stereocenters. The maximum Gasteiger partial charge on any atom is 0.332 e. The average Bonchev–Trinajstić information content (AvgIpc) is 2.95. The van der Waals surface area contributed by atoms with E-state index in [9.17, 15) is 9.59 Å². The predicted octanol–water partition coefficient (Wildman–Crippen LogP) is 3.25. The number of carbonyl (C=O) groups excluding carboxylic acids is 2. The predicted molar refractivity (Wildman–Crippen MR) is 83.4 cm³/mol. The van der Waals surface area contributed by atoms with Crippen LogP contribution in [0.3, 0.4) is 0 Å². The van der Waals surface area contributed by atoms with Gasteiger partial charge in [0.1, 0.15) is 18.8 Å². The van der Waals surface area contributed by atoms with Crippen LogP contribution < -0.4 is 0 Å². The second kappa shape index (κ2) is 8.51. The molecule has 0 bridgehead atoms. The van der Waals surface area contributed by atoms with E-state index in [0.29, 0.717) is 0 Å². The minimum absolute atomic E-state index is 0.0868. The number of esters is 2. The van der Waals surface area contributed by atoms with Crippen molar-refractivity contribution in [2.24, 2.45) is 5.41 Å². The molecule has 0 aromatic carbocycles. The van der Waals surface area contributed by atoms with Crippen molar-refractivity contribution < 1.29 is 23.8 Å². The normalized spacial score (nSPS) is 17.3. The standard InChI is InChI=1S/C17H30O5/c1-5-16(3,4)15(19)21-12-11-20-13-14(18)22-17(6-2)9-7-8-10-17/h5-13H2,1-4H3. The highest BCUT2D eigenvalue weighted by Crippen LogP contribution is 2.35. The van der Waals surface area contributed by atoms with E-state index in [1.165, 1.54) is 0 Å². The molecule has 128 valence electrons. The van der Waals surface area contributed by atoms with Crippen molar-refractivity contribution >= 4 is 11.9 Å². The Morgan fingerprint density at radius 2 is 1.73 bits per heavy atom. The SMILES string of the molecule is CCC1(OC(=O)COCCOC(=O)C(C)(C)CC)CCCC1. The van der Waals surface area contributed by atoms with E-state index >= 15 is 0 Å². The lowest BCUT2D eigenvalue weighted by Crippen LogP contribution is -2.33. The van der Waals surface area contributed by atoms with Crippen LogP contribution in [0.1, 0.15) is 66.2 Å². The van der Waals surface area contributed by atoms with Crippen molar-refractivity contribution in [1.82, 2.24) is 0 Å². The molecule has 1 rings (SSSR count). The first-order valence-corrected chi connectivity index (χ1v) is 8.32. The average molecular weight is 314 g/mol. The van der Waals surface area contributed by atoms with E-state index in [1.807, 2.05) is 27.7 Å². The molecule has 0 amide bonds. The molecule has 0 aromatic rings. The molecule has 22 heavy (non-hydrogen) atoms. The van der Waals surface area contributed by atoms with Crippen LogP contribution >= 0.6 is 0 Å². The highest BCUT2D eigenvalue weighted by molar-refractivity contribution is 5.75. The van der Waals surface area contributed by atoms with Gasteiger partial charge in [-0.15, -0.1) is 0 Å². The largest absolute Gasteiger partial charge is 0.463 e. The molecule has 0 radical (unpaired) electrons. The summed E-state index contributed by atoms with van der Waals surface area (Å²) in [5.74, 6) is -0.568. The molecule has 0 heterocycles. The van der Waals surface area contributed by atoms with E-state index in [0.717, 1.165) is 38.5 Å². The summed E-state index contributed by atoms with van der Waals surface area (Å²) in [7, 11) is 0. The number of carbonyl (C=O) groups is 2. The summed E-state index contributed by atoms with van der Waals surface area (Å²) < 4.78 is 16.0. The minimum Gasteiger partial charge on any atom is -0.463 e. The quantitative estimate of drug-likeness (QED) is 0.483. The van der Waals surface area contributed by atoms with Crippen LogP contribution in [0.4, 0.5) is 0 Å². The Morgan fingerprint density at radius 3 is 2.27 bits per heavy atom. The summed E-state index contributed by atoms with van der Waals surface area (Å²) in [6, 6.07) is 0. The Labute approximate surface area is 133 Å². The lowest BCUT2D eigenvalue weighted by molar-refractivity contribution is -0.166. The molecule has 5 nitrogen and oxygen atoms in total. The molecule has 1 saturated carbocycles. The molecule has 1 fully saturated rings. The monoisotopic (exact) mass is 314 g/mol. The third kappa shape index (κ3) is 5.59. The maximum absolute atomic E-state index is 11.8. The molecule has 5 heteroatoms. The molecular formula is C17H30O5. The first-order chi connectivity index (χ1) is 10.4. The van der Waals surface area contributed by atoms with E-state index in [4.69, 9.17) is 14.2 Å². The summed E-state index contributed by atoms with van der Waals surface area (Å²) in [5.41, 5.74) is -0.757. The number of hydrogen-bond acceptors (Lipinski definition) is 5. The van der Waals surface area contributed by atoms with Crippen LogP contribution in [0.5, 0.6) is 0 Å². The van der Waals surface area contributed by atoms with Gasteiger partial charge in [-0.2, -0.15) is 0 Å². The lowest BCUT2D eigenvalue weighted by atomic mass is 9.91. The zero-order chi connectivity index (χ0) is 16.6. The van der Waals surface area contributed by atoms with Gasteiger partial charge in [0.15, 0.2) is 0 Å². The number of hydrogen-bond donors (Lipinski definition) is 0. The Hall–Kier alpha value is -1.10. The highest BCUT2D eigenvalue weighted by atomic mass is 16.6. The second-order valence-electron chi connectivity index (χ2n) is 6.64. The molecule has 0 saturated heterocycles. The zero-order valence-electron chi connectivity index (χ0n) is 14.4.